The standard InChI is InChI=1S/C22H28BrN5O2S/c1-4-29-20-13-17(14-24-10-7-11-31-22-25-26-27-28(22)3)12-19(23)21(20)30-15-18-9-6-5-8-16(18)2/h5-6,8-9,12-13,24H,4,7,10-11,14-15H2,1-3H3. The van der Waals surface area contributed by atoms with Gasteiger partial charge >= 0.3 is 0 Å². The van der Waals surface area contributed by atoms with Gasteiger partial charge in [0.1, 0.15) is 6.61 Å². The van der Waals surface area contributed by atoms with E-state index in [-0.39, 0.29) is 0 Å². The van der Waals surface area contributed by atoms with Crippen LogP contribution < -0.4 is 14.8 Å². The van der Waals surface area contributed by atoms with Gasteiger partial charge in [-0.2, -0.15) is 0 Å². The number of thioether (sulfide) groups is 1. The van der Waals surface area contributed by atoms with Crippen molar-refractivity contribution in [2.24, 2.45) is 7.05 Å². The van der Waals surface area contributed by atoms with Gasteiger partial charge in [-0.25, -0.2) is 4.68 Å². The van der Waals surface area contributed by atoms with Gasteiger partial charge in [-0.15, -0.1) is 5.10 Å². The average Bonchev–Trinajstić information content (AvgIpc) is 3.16. The second-order valence-electron chi connectivity index (χ2n) is 7.02. The number of hydrogen-bond donors (Lipinski definition) is 1. The molecule has 0 bridgehead atoms. The number of tetrazole rings is 1. The maximum Gasteiger partial charge on any atom is 0.209 e. The van der Waals surface area contributed by atoms with Crippen LogP contribution in [0.15, 0.2) is 46.0 Å². The molecule has 166 valence electrons. The number of hydrogen-bond acceptors (Lipinski definition) is 7. The van der Waals surface area contributed by atoms with E-state index in [4.69, 9.17) is 9.47 Å². The SMILES string of the molecule is CCOc1cc(CNCCCSc2nnnn2C)cc(Br)c1OCc1ccccc1C. The van der Waals surface area contributed by atoms with Gasteiger partial charge in [0.2, 0.25) is 5.16 Å². The first kappa shape index (κ1) is 23.6. The van der Waals surface area contributed by atoms with Gasteiger partial charge in [0.05, 0.1) is 11.1 Å². The average molecular weight is 506 g/mol. The zero-order valence-corrected chi connectivity index (χ0v) is 20.5. The lowest BCUT2D eigenvalue weighted by Crippen LogP contribution is -2.15. The Morgan fingerprint density at radius 1 is 1.19 bits per heavy atom. The highest BCUT2D eigenvalue weighted by atomic mass is 79.9. The molecule has 2 aromatic carbocycles. The number of nitrogens with zero attached hydrogens (tertiary/aromatic N) is 4. The molecule has 0 spiro atoms. The fourth-order valence-corrected chi connectivity index (χ4v) is 4.38. The molecule has 31 heavy (non-hydrogen) atoms. The molecule has 1 heterocycles. The molecule has 3 rings (SSSR count). The van der Waals surface area contributed by atoms with Crippen LogP contribution in [0.2, 0.25) is 0 Å². The molecule has 9 heteroatoms. The first-order valence-corrected chi connectivity index (χ1v) is 12.0. The molecule has 0 saturated carbocycles. The minimum atomic E-state index is 0.502. The summed E-state index contributed by atoms with van der Waals surface area (Å²) in [6, 6.07) is 12.4. The van der Waals surface area contributed by atoms with Crippen LogP contribution >= 0.6 is 27.7 Å². The predicted molar refractivity (Wildman–Crippen MR) is 127 cm³/mol. The number of ether oxygens (including phenoxy) is 2. The van der Waals surface area contributed by atoms with Crippen LogP contribution in [0, 0.1) is 6.92 Å². The molecule has 0 aliphatic carbocycles. The van der Waals surface area contributed by atoms with Crippen LogP contribution in [-0.2, 0) is 20.2 Å². The molecule has 0 amide bonds. The van der Waals surface area contributed by atoms with E-state index in [0.29, 0.717) is 13.2 Å². The van der Waals surface area contributed by atoms with Gasteiger partial charge in [-0.1, -0.05) is 36.0 Å². The lowest BCUT2D eigenvalue weighted by molar-refractivity contribution is 0.267. The van der Waals surface area contributed by atoms with Crippen molar-refractivity contribution in [1.82, 2.24) is 25.5 Å². The van der Waals surface area contributed by atoms with Crippen molar-refractivity contribution in [2.45, 2.75) is 38.6 Å². The van der Waals surface area contributed by atoms with Crippen molar-refractivity contribution in [2.75, 3.05) is 18.9 Å². The Kier molecular flexibility index (Phi) is 9.17. The largest absolute Gasteiger partial charge is 0.490 e. The van der Waals surface area contributed by atoms with Crippen LogP contribution in [0.5, 0.6) is 11.5 Å². The van der Waals surface area contributed by atoms with Gasteiger partial charge in [0.25, 0.3) is 0 Å². The zero-order valence-electron chi connectivity index (χ0n) is 18.1. The van der Waals surface area contributed by atoms with Crippen molar-refractivity contribution < 1.29 is 9.47 Å². The van der Waals surface area contributed by atoms with Crippen LogP contribution in [0.1, 0.15) is 30.0 Å². The van der Waals surface area contributed by atoms with Gasteiger partial charge in [0, 0.05) is 19.3 Å². The topological polar surface area (TPSA) is 74.1 Å². The Bertz CT molecular complexity index is 982. The van der Waals surface area contributed by atoms with E-state index in [1.807, 2.05) is 26.1 Å². The number of halogens is 1. The van der Waals surface area contributed by atoms with Gasteiger partial charge in [-0.05, 0) is 82.0 Å². The molecule has 0 fully saturated rings. The Labute approximate surface area is 196 Å². The van der Waals surface area contributed by atoms with Crippen LogP contribution in [0.4, 0.5) is 0 Å². The maximum absolute atomic E-state index is 6.13. The first-order chi connectivity index (χ1) is 15.1. The zero-order chi connectivity index (χ0) is 22.1. The summed E-state index contributed by atoms with van der Waals surface area (Å²) in [5.41, 5.74) is 3.52. The molecule has 0 atom stereocenters. The van der Waals surface area contributed by atoms with Gasteiger partial charge < -0.3 is 14.8 Å². The highest BCUT2D eigenvalue weighted by Gasteiger charge is 2.13. The smallest absolute Gasteiger partial charge is 0.209 e. The number of rotatable bonds is 12. The Morgan fingerprint density at radius 2 is 2.03 bits per heavy atom. The summed E-state index contributed by atoms with van der Waals surface area (Å²) in [4.78, 5) is 0. The van der Waals surface area contributed by atoms with Crippen molar-refractivity contribution in [3.05, 3.63) is 57.6 Å². The summed E-state index contributed by atoms with van der Waals surface area (Å²) in [5.74, 6) is 2.45. The summed E-state index contributed by atoms with van der Waals surface area (Å²) in [7, 11) is 1.85. The molecule has 3 aromatic rings. The number of benzene rings is 2. The third-order valence-electron chi connectivity index (χ3n) is 4.64. The Hall–Kier alpha value is -2.10. The summed E-state index contributed by atoms with van der Waals surface area (Å²) in [6.45, 7) is 6.82. The summed E-state index contributed by atoms with van der Waals surface area (Å²) in [5, 5.41) is 15.8. The predicted octanol–water partition coefficient (Wildman–Crippen LogP) is 4.53. The molecular weight excluding hydrogens is 478 g/mol. The van der Waals surface area contributed by atoms with E-state index in [9.17, 15) is 0 Å². The summed E-state index contributed by atoms with van der Waals surface area (Å²) in [6.07, 6.45) is 1.02. The highest BCUT2D eigenvalue weighted by molar-refractivity contribution is 9.10. The van der Waals surface area contributed by atoms with Gasteiger partial charge in [-0.3, -0.25) is 0 Å². The van der Waals surface area contributed by atoms with E-state index in [1.54, 1.807) is 16.4 Å². The highest BCUT2D eigenvalue weighted by Crippen LogP contribution is 2.37. The third-order valence-corrected chi connectivity index (χ3v) is 6.33. The van der Waals surface area contributed by atoms with E-state index in [2.05, 4.69) is 68.0 Å². The number of nitrogens with one attached hydrogen (secondary N) is 1. The monoisotopic (exact) mass is 505 g/mol. The molecule has 0 aliphatic rings. The summed E-state index contributed by atoms with van der Waals surface area (Å²) < 4.78 is 14.6. The van der Waals surface area contributed by atoms with Crippen molar-refractivity contribution in [3.63, 3.8) is 0 Å². The molecule has 0 aliphatic heterocycles. The summed E-state index contributed by atoms with van der Waals surface area (Å²) >= 11 is 5.33. The molecule has 7 nitrogen and oxygen atoms in total. The Morgan fingerprint density at radius 3 is 2.77 bits per heavy atom. The van der Waals surface area contributed by atoms with E-state index < -0.39 is 0 Å². The first-order valence-electron chi connectivity index (χ1n) is 10.3. The molecule has 0 radical (unpaired) electrons. The Balaban J connectivity index is 1.52. The third kappa shape index (κ3) is 6.95. The lowest BCUT2D eigenvalue weighted by Gasteiger charge is -2.16. The molecule has 0 unspecified atom stereocenters. The number of aromatic nitrogens is 4. The number of aryl methyl sites for hydroxylation is 2. The molecular formula is C22H28BrN5O2S. The van der Waals surface area contributed by atoms with E-state index in [1.165, 1.54) is 5.56 Å². The van der Waals surface area contributed by atoms with Crippen molar-refractivity contribution in [1.29, 1.82) is 0 Å². The quantitative estimate of drug-likeness (QED) is 0.286. The van der Waals surface area contributed by atoms with Crippen molar-refractivity contribution in [3.8, 4) is 11.5 Å². The van der Waals surface area contributed by atoms with E-state index >= 15 is 0 Å². The van der Waals surface area contributed by atoms with Crippen LogP contribution in [-0.4, -0.2) is 39.1 Å². The maximum atomic E-state index is 6.13. The fraction of sp³-hybridized carbons (Fsp3) is 0.409. The minimum Gasteiger partial charge on any atom is -0.490 e. The van der Waals surface area contributed by atoms with Crippen molar-refractivity contribution >= 4 is 27.7 Å². The van der Waals surface area contributed by atoms with Crippen LogP contribution in [0.25, 0.3) is 0 Å². The second kappa shape index (κ2) is 12.1. The molecule has 1 aromatic heterocycles. The fourth-order valence-electron chi connectivity index (χ4n) is 2.99. The molecule has 1 N–H and O–H groups in total. The second-order valence-corrected chi connectivity index (χ2v) is 8.93. The van der Waals surface area contributed by atoms with Gasteiger partial charge in [0.15, 0.2) is 11.5 Å². The minimum absolute atomic E-state index is 0.502. The van der Waals surface area contributed by atoms with E-state index in [0.717, 1.165) is 57.5 Å². The normalized spacial score (nSPS) is 11.0. The lowest BCUT2D eigenvalue weighted by atomic mass is 10.1. The van der Waals surface area contributed by atoms with Crippen LogP contribution in [0.3, 0.4) is 0 Å². The molecule has 0 saturated heterocycles.